The highest BCUT2D eigenvalue weighted by molar-refractivity contribution is 6.31. The summed E-state index contributed by atoms with van der Waals surface area (Å²) >= 11 is 5.98. The van der Waals surface area contributed by atoms with Crippen molar-refractivity contribution in [2.45, 2.75) is 6.92 Å². The maximum atomic E-state index is 12.6. The molecule has 0 radical (unpaired) electrons. The third-order valence-electron chi connectivity index (χ3n) is 4.15. The number of hydrogen-bond donors (Lipinski definition) is 3. The summed E-state index contributed by atoms with van der Waals surface area (Å²) in [7, 11) is 1.36. The number of carbonyl (C=O) groups excluding carboxylic acids is 3. The molecule has 29 heavy (non-hydrogen) atoms. The summed E-state index contributed by atoms with van der Waals surface area (Å²) in [6.45, 7) is 1.42. The van der Waals surface area contributed by atoms with E-state index in [0.717, 1.165) is 10.5 Å². The summed E-state index contributed by atoms with van der Waals surface area (Å²) in [5.74, 6) is -1.34. The van der Waals surface area contributed by atoms with E-state index >= 15 is 0 Å². The van der Waals surface area contributed by atoms with Gasteiger partial charge in [-0.25, -0.2) is 9.69 Å². The molecule has 1 heterocycles. The van der Waals surface area contributed by atoms with Crippen LogP contribution in [-0.2, 0) is 9.59 Å². The molecule has 0 spiro atoms. The van der Waals surface area contributed by atoms with Gasteiger partial charge in [-0.3, -0.25) is 9.59 Å². The Morgan fingerprint density at radius 3 is 2.76 bits per heavy atom. The van der Waals surface area contributed by atoms with Crippen LogP contribution in [0.15, 0.2) is 42.1 Å². The van der Waals surface area contributed by atoms with E-state index in [1.54, 1.807) is 18.2 Å². The number of aromatic hydroxyl groups is 1. The fourth-order valence-electron chi connectivity index (χ4n) is 2.80. The zero-order chi connectivity index (χ0) is 21.1. The number of imide groups is 1. The van der Waals surface area contributed by atoms with Crippen LogP contribution in [-0.4, -0.2) is 41.5 Å². The monoisotopic (exact) mass is 415 g/mol. The third kappa shape index (κ3) is 4.49. The van der Waals surface area contributed by atoms with Gasteiger partial charge in [-0.1, -0.05) is 23.7 Å². The van der Waals surface area contributed by atoms with Crippen LogP contribution >= 0.6 is 11.6 Å². The van der Waals surface area contributed by atoms with Crippen molar-refractivity contribution in [1.29, 1.82) is 0 Å². The van der Waals surface area contributed by atoms with Crippen molar-refractivity contribution in [2.24, 2.45) is 0 Å². The molecule has 0 aromatic heterocycles. The van der Waals surface area contributed by atoms with Gasteiger partial charge in [0, 0.05) is 22.3 Å². The smallest absolute Gasteiger partial charge is 0.329 e. The van der Waals surface area contributed by atoms with Crippen LogP contribution < -0.4 is 15.4 Å². The molecule has 8 nitrogen and oxygen atoms in total. The number of carbonyl (C=O) groups is 3. The fraction of sp³-hybridized carbons (Fsp3) is 0.150. The Morgan fingerprint density at radius 2 is 2.07 bits per heavy atom. The van der Waals surface area contributed by atoms with E-state index in [9.17, 15) is 19.5 Å². The van der Waals surface area contributed by atoms with Gasteiger partial charge in [0.2, 0.25) is 5.91 Å². The second kappa shape index (κ2) is 8.24. The van der Waals surface area contributed by atoms with E-state index in [1.165, 1.54) is 25.3 Å². The van der Waals surface area contributed by atoms with Crippen molar-refractivity contribution in [3.8, 4) is 11.5 Å². The lowest BCUT2D eigenvalue weighted by Gasteiger charge is -2.12. The molecule has 3 rings (SSSR count). The number of phenolic OH excluding ortho intramolecular Hbond substituents is 1. The largest absolute Gasteiger partial charge is 0.504 e. The highest BCUT2D eigenvalue weighted by Crippen LogP contribution is 2.35. The number of benzene rings is 2. The fourth-order valence-corrected chi connectivity index (χ4v) is 3.01. The Hall–Kier alpha value is -3.52. The first kappa shape index (κ1) is 20.2. The number of rotatable bonds is 5. The average Bonchev–Trinajstić information content (AvgIpc) is 2.91. The molecule has 0 atom stereocenters. The normalized spacial score (nSPS) is 14.9. The van der Waals surface area contributed by atoms with Crippen molar-refractivity contribution >= 4 is 41.2 Å². The molecule has 2 aromatic carbocycles. The second-order valence-electron chi connectivity index (χ2n) is 6.34. The number of halogens is 1. The lowest BCUT2D eigenvalue weighted by molar-refractivity contribution is -0.127. The van der Waals surface area contributed by atoms with Crippen molar-refractivity contribution in [2.75, 3.05) is 19.0 Å². The van der Waals surface area contributed by atoms with Crippen LogP contribution in [0.3, 0.4) is 0 Å². The molecule has 1 fully saturated rings. The van der Waals surface area contributed by atoms with Crippen molar-refractivity contribution in [3.05, 3.63) is 58.2 Å². The van der Waals surface area contributed by atoms with Crippen LogP contribution in [0.2, 0.25) is 5.02 Å². The maximum absolute atomic E-state index is 12.6. The standard InChI is InChI=1S/C20H18ClN3O5/c1-11-4-3-5-14(6-11)22-17(25)10-24-19(27)15(23-20(24)28)8-12-7-13(21)9-16(29-2)18(12)26/h3-9,26H,10H2,1-2H3,(H,22,25)(H,23,28)/b15-8+. The lowest BCUT2D eigenvalue weighted by atomic mass is 10.1. The number of amides is 4. The zero-order valence-electron chi connectivity index (χ0n) is 15.7. The Kier molecular flexibility index (Phi) is 5.74. The zero-order valence-corrected chi connectivity index (χ0v) is 16.4. The molecule has 0 aliphatic carbocycles. The van der Waals surface area contributed by atoms with Gasteiger partial charge in [0.05, 0.1) is 7.11 Å². The Labute approximate surface area is 171 Å². The number of urea groups is 1. The summed E-state index contributed by atoms with van der Waals surface area (Å²) in [4.78, 5) is 37.7. The van der Waals surface area contributed by atoms with Crippen molar-refractivity contribution in [3.63, 3.8) is 0 Å². The predicted octanol–water partition coefficient (Wildman–Crippen LogP) is 2.89. The van der Waals surface area contributed by atoms with Gasteiger partial charge in [0.15, 0.2) is 11.5 Å². The van der Waals surface area contributed by atoms with E-state index in [2.05, 4.69) is 10.6 Å². The van der Waals surface area contributed by atoms with Gasteiger partial charge < -0.3 is 20.5 Å². The second-order valence-corrected chi connectivity index (χ2v) is 6.78. The Bertz CT molecular complexity index is 1030. The third-order valence-corrected chi connectivity index (χ3v) is 4.37. The molecule has 1 saturated heterocycles. The summed E-state index contributed by atoms with van der Waals surface area (Å²) in [5, 5.41) is 15.5. The first-order valence-electron chi connectivity index (χ1n) is 8.56. The lowest BCUT2D eigenvalue weighted by Crippen LogP contribution is -2.38. The number of anilines is 1. The summed E-state index contributed by atoms with van der Waals surface area (Å²) < 4.78 is 5.02. The molecule has 2 aromatic rings. The summed E-state index contributed by atoms with van der Waals surface area (Å²) in [6, 6.07) is 9.22. The SMILES string of the molecule is COc1cc(Cl)cc(/C=C2/NC(=O)N(CC(=O)Nc3cccc(C)c3)C2=O)c1O. The van der Waals surface area contributed by atoms with Crippen LogP contribution in [0.5, 0.6) is 11.5 Å². The van der Waals surface area contributed by atoms with Gasteiger partial charge in [-0.15, -0.1) is 0 Å². The molecule has 4 amide bonds. The van der Waals surface area contributed by atoms with E-state index in [-0.39, 0.29) is 27.8 Å². The predicted molar refractivity (Wildman–Crippen MR) is 108 cm³/mol. The number of phenols is 1. The Balaban J connectivity index is 1.77. The van der Waals surface area contributed by atoms with E-state index in [0.29, 0.717) is 5.69 Å². The number of ether oxygens (including phenoxy) is 1. The van der Waals surface area contributed by atoms with E-state index in [4.69, 9.17) is 16.3 Å². The summed E-state index contributed by atoms with van der Waals surface area (Å²) in [5.41, 5.74) is 1.61. The average molecular weight is 416 g/mol. The molecule has 0 bridgehead atoms. The van der Waals surface area contributed by atoms with Gasteiger partial charge >= 0.3 is 6.03 Å². The number of hydrogen-bond acceptors (Lipinski definition) is 5. The highest BCUT2D eigenvalue weighted by atomic mass is 35.5. The minimum Gasteiger partial charge on any atom is -0.504 e. The minimum absolute atomic E-state index is 0.0991. The van der Waals surface area contributed by atoms with Crippen molar-refractivity contribution in [1.82, 2.24) is 10.2 Å². The van der Waals surface area contributed by atoms with Gasteiger partial charge in [-0.2, -0.15) is 0 Å². The number of methoxy groups -OCH3 is 1. The van der Waals surface area contributed by atoms with Crippen LogP contribution in [0.25, 0.3) is 6.08 Å². The van der Waals surface area contributed by atoms with Crippen molar-refractivity contribution < 1.29 is 24.2 Å². The van der Waals surface area contributed by atoms with E-state index in [1.807, 2.05) is 13.0 Å². The molecular formula is C20H18ClN3O5. The van der Waals surface area contributed by atoms with Crippen LogP contribution in [0.1, 0.15) is 11.1 Å². The molecule has 1 aliphatic heterocycles. The minimum atomic E-state index is -0.742. The molecule has 3 N–H and O–H groups in total. The molecule has 9 heteroatoms. The van der Waals surface area contributed by atoms with Gasteiger partial charge in [0.1, 0.15) is 12.2 Å². The first-order chi connectivity index (χ1) is 13.8. The highest BCUT2D eigenvalue weighted by Gasteiger charge is 2.35. The topological polar surface area (TPSA) is 108 Å². The maximum Gasteiger partial charge on any atom is 0.329 e. The quantitative estimate of drug-likeness (QED) is 0.514. The van der Waals surface area contributed by atoms with E-state index < -0.39 is 24.4 Å². The summed E-state index contributed by atoms with van der Waals surface area (Å²) in [6.07, 6.45) is 1.27. The van der Waals surface area contributed by atoms with Crippen LogP contribution in [0, 0.1) is 6.92 Å². The van der Waals surface area contributed by atoms with Crippen LogP contribution in [0.4, 0.5) is 10.5 Å². The number of nitrogens with one attached hydrogen (secondary N) is 2. The molecule has 0 saturated carbocycles. The molecule has 0 unspecified atom stereocenters. The molecule has 150 valence electrons. The number of nitrogens with zero attached hydrogens (tertiary/aromatic N) is 1. The Morgan fingerprint density at radius 1 is 1.31 bits per heavy atom. The molecular weight excluding hydrogens is 398 g/mol. The first-order valence-corrected chi connectivity index (χ1v) is 8.94. The van der Waals surface area contributed by atoms with Gasteiger partial charge in [-0.05, 0) is 36.8 Å². The van der Waals surface area contributed by atoms with Gasteiger partial charge in [0.25, 0.3) is 5.91 Å². The molecule has 1 aliphatic rings. The number of aryl methyl sites for hydroxylation is 1.